The van der Waals surface area contributed by atoms with Crippen LogP contribution in [0.1, 0.15) is 34.6 Å². The Morgan fingerprint density at radius 2 is 1.92 bits per heavy atom. The Hall–Kier alpha value is -0.790. The van der Waals surface area contributed by atoms with Crippen molar-refractivity contribution < 1.29 is 9.53 Å². The van der Waals surface area contributed by atoms with Gasteiger partial charge < -0.3 is 4.74 Å². The topological polar surface area (TPSA) is 26.3 Å². The highest BCUT2D eigenvalue weighted by Gasteiger charge is 2.22. The van der Waals surface area contributed by atoms with Gasteiger partial charge in [-0.15, -0.1) is 0 Å². The van der Waals surface area contributed by atoms with Gasteiger partial charge in [-0.1, -0.05) is 26.8 Å². The van der Waals surface area contributed by atoms with Crippen molar-refractivity contribution in [2.45, 2.75) is 40.7 Å². The number of hydrogen-bond donors (Lipinski definition) is 0. The Morgan fingerprint density at radius 3 is 2.25 bits per heavy atom. The average molecular weight is 170 g/mol. The van der Waals surface area contributed by atoms with Crippen molar-refractivity contribution in [1.82, 2.24) is 0 Å². The maximum absolute atomic E-state index is 11.0. The SMILES string of the molecule is C/C=C/C(=O)O[C@@H](C)C(C)(C)C. The van der Waals surface area contributed by atoms with Crippen LogP contribution in [0, 0.1) is 5.41 Å². The molecule has 0 rings (SSSR count). The normalized spacial score (nSPS) is 14.8. The van der Waals surface area contributed by atoms with E-state index in [9.17, 15) is 4.79 Å². The van der Waals surface area contributed by atoms with Gasteiger partial charge in [0.25, 0.3) is 0 Å². The summed E-state index contributed by atoms with van der Waals surface area (Å²) >= 11 is 0. The first-order valence-corrected chi connectivity index (χ1v) is 4.21. The minimum Gasteiger partial charge on any atom is -0.459 e. The van der Waals surface area contributed by atoms with Crippen LogP contribution in [0.25, 0.3) is 0 Å². The zero-order chi connectivity index (χ0) is 9.78. The molecule has 0 N–H and O–H groups in total. The molecule has 0 aromatic heterocycles. The van der Waals surface area contributed by atoms with Gasteiger partial charge in [0, 0.05) is 6.08 Å². The van der Waals surface area contributed by atoms with E-state index < -0.39 is 0 Å². The van der Waals surface area contributed by atoms with Gasteiger partial charge in [0.15, 0.2) is 0 Å². The molecule has 0 aliphatic heterocycles. The fourth-order valence-electron chi connectivity index (χ4n) is 0.526. The molecule has 1 atom stereocenters. The van der Waals surface area contributed by atoms with E-state index in [1.54, 1.807) is 13.0 Å². The van der Waals surface area contributed by atoms with Crippen LogP contribution in [-0.4, -0.2) is 12.1 Å². The lowest BCUT2D eigenvalue weighted by Gasteiger charge is -2.26. The zero-order valence-electron chi connectivity index (χ0n) is 8.55. The summed E-state index contributed by atoms with van der Waals surface area (Å²) < 4.78 is 5.13. The molecule has 0 amide bonds. The van der Waals surface area contributed by atoms with Gasteiger partial charge in [0.05, 0.1) is 0 Å². The predicted molar refractivity (Wildman–Crippen MR) is 49.8 cm³/mol. The highest BCUT2D eigenvalue weighted by Crippen LogP contribution is 2.21. The van der Waals surface area contributed by atoms with Gasteiger partial charge in [0.1, 0.15) is 6.10 Å². The van der Waals surface area contributed by atoms with Crippen molar-refractivity contribution in [3.63, 3.8) is 0 Å². The minimum atomic E-state index is -0.264. The van der Waals surface area contributed by atoms with Crippen molar-refractivity contribution in [1.29, 1.82) is 0 Å². The lowest BCUT2D eigenvalue weighted by atomic mass is 9.90. The summed E-state index contributed by atoms with van der Waals surface area (Å²) in [5.74, 6) is -0.264. The first-order valence-electron chi connectivity index (χ1n) is 4.21. The maximum atomic E-state index is 11.0. The van der Waals surface area contributed by atoms with Gasteiger partial charge >= 0.3 is 5.97 Å². The van der Waals surface area contributed by atoms with E-state index in [0.29, 0.717) is 0 Å². The molecular weight excluding hydrogens is 152 g/mol. The summed E-state index contributed by atoms with van der Waals surface area (Å²) in [6, 6.07) is 0. The molecule has 0 saturated carbocycles. The Bertz CT molecular complexity index is 175. The minimum absolute atomic E-state index is 0.0112. The van der Waals surface area contributed by atoms with Gasteiger partial charge in [-0.25, -0.2) is 4.79 Å². The van der Waals surface area contributed by atoms with E-state index in [4.69, 9.17) is 4.74 Å². The molecule has 0 aromatic carbocycles. The predicted octanol–water partition coefficient (Wildman–Crippen LogP) is 2.54. The summed E-state index contributed by atoms with van der Waals surface area (Å²) in [7, 11) is 0. The van der Waals surface area contributed by atoms with Crippen LogP contribution in [0.15, 0.2) is 12.2 Å². The smallest absolute Gasteiger partial charge is 0.330 e. The van der Waals surface area contributed by atoms with E-state index in [-0.39, 0.29) is 17.5 Å². The van der Waals surface area contributed by atoms with Crippen molar-refractivity contribution >= 4 is 5.97 Å². The quantitative estimate of drug-likeness (QED) is 0.470. The van der Waals surface area contributed by atoms with E-state index in [1.165, 1.54) is 6.08 Å². The highest BCUT2D eigenvalue weighted by atomic mass is 16.5. The van der Waals surface area contributed by atoms with Crippen molar-refractivity contribution in [3.8, 4) is 0 Å². The van der Waals surface area contributed by atoms with Crippen LogP contribution in [0.5, 0.6) is 0 Å². The second-order valence-corrected chi connectivity index (χ2v) is 3.95. The second-order valence-electron chi connectivity index (χ2n) is 3.95. The van der Waals surface area contributed by atoms with Gasteiger partial charge in [-0.2, -0.15) is 0 Å². The van der Waals surface area contributed by atoms with Crippen LogP contribution in [0.3, 0.4) is 0 Å². The van der Waals surface area contributed by atoms with Crippen molar-refractivity contribution in [2.24, 2.45) is 5.41 Å². The number of allylic oxidation sites excluding steroid dienone is 1. The third-order valence-corrected chi connectivity index (χ3v) is 1.82. The van der Waals surface area contributed by atoms with Gasteiger partial charge in [-0.3, -0.25) is 0 Å². The third kappa shape index (κ3) is 4.16. The molecule has 0 aliphatic rings. The largest absolute Gasteiger partial charge is 0.459 e. The molecular formula is C10H18O2. The third-order valence-electron chi connectivity index (χ3n) is 1.82. The Morgan fingerprint density at radius 1 is 1.42 bits per heavy atom. The number of ether oxygens (including phenoxy) is 1. The molecule has 0 bridgehead atoms. The van der Waals surface area contributed by atoms with E-state index in [0.717, 1.165) is 0 Å². The van der Waals surface area contributed by atoms with Crippen molar-refractivity contribution in [3.05, 3.63) is 12.2 Å². The summed E-state index contributed by atoms with van der Waals surface area (Å²) in [6.07, 6.45) is 3.06. The molecule has 70 valence electrons. The average Bonchev–Trinajstić information content (AvgIpc) is 1.85. The Kier molecular flexibility index (Phi) is 4.01. The molecule has 2 nitrogen and oxygen atoms in total. The van der Waals surface area contributed by atoms with Crippen LogP contribution in [0.2, 0.25) is 0 Å². The Labute approximate surface area is 74.6 Å². The van der Waals surface area contributed by atoms with Gasteiger partial charge in [-0.05, 0) is 19.3 Å². The monoisotopic (exact) mass is 170 g/mol. The second kappa shape index (κ2) is 4.29. The number of rotatable bonds is 2. The molecule has 12 heavy (non-hydrogen) atoms. The van der Waals surface area contributed by atoms with Crippen LogP contribution < -0.4 is 0 Å². The van der Waals surface area contributed by atoms with E-state index >= 15 is 0 Å². The fourth-order valence-corrected chi connectivity index (χ4v) is 0.526. The highest BCUT2D eigenvalue weighted by molar-refractivity contribution is 5.81. The maximum Gasteiger partial charge on any atom is 0.330 e. The van der Waals surface area contributed by atoms with Gasteiger partial charge in [0.2, 0.25) is 0 Å². The molecule has 0 saturated heterocycles. The summed E-state index contributed by atoms with van der Waals surface area (Å²) in [5, 5.41) is 0. The number of esters is 1. The fraction of sp³-hybridized carbons (Fsp3) is 0.700. The Balaban J connectivity index is 4.01. The number of carbonyl (C=O) groups is 1. The van der Waals surface area contributed by atoms with Crippen LogP contribution >= 0.6 is 0 Å². The van der Waals surface area contributed by atoms with E-state index in [2.05, 4.69) is 0 Å². The lowest BCUT2D eigenvalue weighted by Crippen LogP contribution is -2.28. The molecule has 0 spiro atoms. The lowest BCUT2D eigenvalue weighted by molar-refractivity contribution is -0.147. The number of hydrogen-bond acceptors (Lipinski definition) is 2. The molecule has 0 fully saturated rings. The number of carbonyl (C=O) groups excluding carboxylic acids is 1. The first-order chi connectivity index (χ1) is 5.38. The summed E-state index contributed by atoms with van der Waals surface area (Å²) in [6.45, 7) is 9.83. The molecule has 0 heterocycles. The molecule has 0 radical (unpaired) electrons. The van der Waals surface area contributed by atoms with Crippen molar-refractivity contribution in [2.75, 3.05) is 0 Å². The molecule has 2 heteroatoms. The standard InChI is InChI=1S/C10H18O2/c1-6-7-9(11)12-8(2)10(3,4)5/h6-8H,1-5H3/b7-6+/t8-/m0/s1. The summed E-state index contributed by atoms with van der Waals surface area (Å²) in [4.78, 5) is 11.0. The van der Waals surface area contributed by atoms with Crippen LogP contribution in [-0.2, 0) is 9.53 Å². The molecule has 0 aromatic rings. The van der Waals surface area contributed by atoms with E-state index in [1.807, 2.05) is 27.7 Å². The first kappa shape index (κ1) is 11.2. The van der Waals surface area contributed by atoms with Crippen LogP contribution in [0.4, 0.5) is 0 Å². The molecule has 0 unspecified atom stereocenters. The molecule has 0 aliphatic carbocycles. The summed E-state index contributed by atoms with van der Waals surface area (Å²) in [5.41, 5.74) is 0.0112. The zero-order valence-corrected chi connectivity index (χ0v) is 8.55.